The molecule has 2 rings (SSSR count). The fourth-order valence-corrected chi connectivity index (χ4v) is 1.95. The fourth-order valence-electron chi connectivity index (χ4n) is 1.95. The molecule has 0 fully saturated rings. The SMILES string of the molecule is CCNC(=NCc1ccnn1C)NCC(=O)Nc1ccccc1.I. The summed E-state index contributed by atoms with van der Waals surface area (Å²) in [5.74, 6) is 0.472. The molecule has 1 heterocycles. The van der Waals surface area contributed by atoms with Gasteiger partial charge in [-0.2, -0.15) is 5.10 Å². The van der Waals surface area contributed by atoms with Crippen molar-refractivity contribution in [3.05, 3.63) is 48.3 Å². The summed E-state index contributed by atoms with van der Waals surface area (Å²) in [7, 11) is 1.87. The molecule has 0 aliphatic heterocycles. The van der Waals surface area contributed by atoms with Gasteiger partial charge in [0.05, 0.1) is 18.8 Å². The van der Waals surface area contributed by atoms with Crippen LogP contribution in [0, 0.1) is 0 Å². The molecule has 3 N–H and O–H groups in total. The molecule has 0 aliphatic carbocycles. The topological polar surface area (TPSA) is 83.3 Å². The van der Waals surface area contributed by atoms with Gasteiger partial charge in [0.15, 0.2) is 5.96 Å². The Labute approximate surface area is 159 Å². The van der Waals surface area contributed by atoms with Crippen LogP contribution in [-0.2, 0) is 18.4 Å². The first-order valence-corrected chi connectivity index (χ1v) is 7.53. The number of aliphatic imine (C=N–C) groups is 1. The molecule has 1 aromatic carbocycles. The maximum atomic E-state index is 11.9. The molecule has 7 nitrogen and oxygen atoms in total. The van der Waals surface area contributed by atoms with Crippen molar-refractivity contribution < 1.29 is 4.79 Å². The van der Waals surface area contributed by atoms with Crippen LogP contribution in [0.4, 0.5) is 5.69 Å². The first-order chi connectivity index (χ1) is 11.2. The van der Waals surface area contributed by atoms with Gasteiger partial charge < -0.3 is 16.0 Å². The molecule has 0 bridgehead atoms. The number of carbonyl (C=O) groups is 1. The van der Waals surface area contributed by atoms with E-state index in [0.717, 1.165) is 17.9 Å². The highest BCUT2D eigenvalue weighted by molar-refractivity contribution is 14.0. The Morgan fingerprint density at radius 3 is 2.58 bits per heavy atom. The Morgan fingerprint density at radius 2 is 1.96 bits per heavy atom. The van der Waals surface area contributed by atoms with E-state index < -0.39 is 0 Å². The second-order valence-electron chi connectivity index (χ2n) is 4.91. The summed E-state index contributed by atoms with van der Waals surface area (Å²) in [5, 5.41) is 13.1. The van der Waals surface area contributed by atoms with Gasteiger partial charge in [0.1, 0.15) is 0 Å². The number of benzene rings is 1. The Morgan fingerprint density at radius 1 is 1.21 bits per heavy atom. The Hall–Kier alpha value is -2.10. The minimum absolute atomic E-state index is 0. The van der Waals surface area contributed by atoms with Crippen molar-refractivity contribution in [1.29, 1.82) is 0 Å². The molecular weight excluding hydrogens is 419 g/mol. The molecule has 0 unspecified atom stereocenters. The lowest BCUT2D eigenvalue weighted by molar-refractivity contribution is -0.115. The lowest BCUT2D eigenvalue weighted by Gasteiger charge is -2.11. The van der Waals surface area contributed by atoms with Gasteiger partial charge in [-0.1, -0.05) is 18.2 Å². The summed E-state index contributed by atoms with van der Waals surface area (Å²) in [5.41, 5.74) is 1.77. The van der Waals surface area contributed by atoms with Crippen molar-refractivity contribution >= 4 is 41.5 Å². The van der Waals surface area contributed by atoms with E-state index in [0.29, 0.717) is 12.5 Å². The second kappa shape index (κ2) is 10.6. The predicted octanol–water partition coefficient (Wildman–Crippen LogP) is 1.73. The van der Waals surface area contributed by atoms with Gasteiger partial charge in [0.25, 0.3) is 0 Å². The number of rotatable bonds is 6. The summed E-state index contributed by atoms with van der Waals surface area (Å²) in [6, 6.07) is 11.3. The molecule has 130 valence electrons. The van der Waals surface area contributed by atoms with E-state index in [1.165, 1.54) is 0 Å². The average Bonchev–Trinajstić information content (AvgIpc) is 2.96. The molecular formula is C16H23IN6O. The van der Waals surface area contributed by atoms with Crippen LogP contribution >= 0.6 is 24.0 Å². The number of hydrogen-bond donors (Lipinski definition) is 3. The van der Waals surface area contributed by atoms with Gasteiger partial charge in [-0.3, -0.25) is 9.48 Å². The molecule has 24 heavy (non-hydrogen) atoms. The van der Waals surface area contributed by atoms with Crippen molar-refractivity contribution in [2.45, 2.75) is 13.5 Å². The van der Waals surface area contributed by atoms with Gasteiger partial charge >= 0.3 is 0 Å². The van der Waals surface area contributed by atoms with E-state index in [1.807, 2.05) is 50.4 Å². The maximum absolute atomic E-state index is 11.9. The van der Waals surface area contributed by atoms with Crippen LogP contribution in [0.15, 0.2) is 47.6 Å². The number of aromatic nitrogens is 2. The minimum Gasteiger partial charge on any atom is -0.357 e. The first kappa shape index (κ1) is 19.9. The molecule has 0 radical (unpaired) electrons. The predicted molar refractivity (Wildman–Crippen MR) is 107 cm³/mol. The fraction of sp³-hybridized carbons (Fsp3) is 0.312. The van der Waals surface area contributed by atoms with Gasteiger partial charge in [-0.25, -0.2) is 4.99 Å². The summed E-state index contributed by atoms with van der Waals surface area (Å²) in [6.07, 6.45) is 1.73. The first-order valence-electron chi connectivity index (χ1n) is 7.53. The van der Waals surface area contributed by atoms with Crippen LogP contribution < -0.4 is 16.0 Å². The van der Waals surface area contributed by atoms with Crippen molar-refractivity contribution in [2.75, 3.05) is 18.4 Å². The van der Waals surface area contributed by atoms with Gasteiger partial charge in [0.2, 0.25) is 5.91 Å². The van der Waals surface area contributed by atoms with Crippen LogP contribution in [0.25, 0.3) is 0 Å². The second-order valence-corrected chi connectivity index (χ2v) is 4.91. The number of hydrogen-bond acceptors (Lipinski definition) is 3. The van der Waals surface area contributed by atoms with E-state index in [-0.39, 0.29) is 36.4 Å². The van der Waals surface area contributed by atoms with Crippen molar-refractivity contribution in [3.63, 3.8) is 0 Å². The number of anilines is 1. The van der Waals surface area contributed by atoms with E-state index >= 15 is 0 Å². The number of amides is 1. The number of aryl methyl sites for hydroxylation is 1. The third-order valence-corrected chi connectivity index (χ3v) is 3.14. The molecule has 1 amide bonds. The van der Waals surface area contributed by atoms with Crippen LogP contribution in [-0.4, -0.2) is 34.7 Å². The molecule has 8 heteroatoms. The molecule has 0 spiro atoms. The quantitative estimate of drug-likeness (QED) is 0.362. The molecule has 0 atom stereocenters. The normalized spacial score (nSPS) is 10.7. The summed E-state index contributed by atoms with van der Waals surface area (Å²) >= 11 is 0. The van der Waals surface area contributed by atoms with Crippen molar-refractivity contribution in [3.8, 4) is 0 Å². The van der Waals surface area contributed by atoms with Crippen LogP contribution in [0.2, 0.25) is 0 Å². The van der Waals surface area contributed by atoms with Crippen molar-refractivity contribution in [2.24, 2.45) is 12.0 Å². The Kier molecular flexibility index (Phi) is 8.84. The van der Waals surface area contributed by atoms with Crippen molar-refractivity contribution in [1.82, 2.24) is 20.4 Å². The minimum atomic E-state index is -0.123. The Balaban J connectivity index is 0.00000288. The van der Waals surface area contributed by atoms with E-state index in [9.17, 15) is 4.79 Å². The number of guanidine groups is 1. The number of halogens is 1. The third-order valence-electron chi connectivity index (χ3n) is 3.14. The monoisotopic (exact) mass is 442 g/mol. The number of nitrogens with one attached hydrogen (secondary N) is 3. The number of nitrogens with zero attached hydrogens (tertiary/aromatic N) is 3. The van der Waals surface area contributed by atoms with Gasteiger partial charge in [0, 0.05) is 25.5 Å². The average molecular weight is 442 g/mol. The van der Waals surface area contributed by atoms with Crippen LogP contribution in [0.1, 0.15) is 12.6 Å². The van der Waals surface area contributed by atoms with Gasteiger partial charge in [-0.15, -0.1) is 24.0 Å². The number of carbonyl (C=O) groups excluding carboxylic acids is 1. The number of para-hydroxylation sites is 1. The van der Waals surface area contributed by atoms with Crippen LogP contribution in [0.3, 0.4) is 0 Å². The molecule has 2 aromatic rings. The van der Waals surface area contributed by atoms with E-state index in [4.69, 9.17) is 0 Å². The summed E-state index contributed by atoms with van der Waals surface area (Å²) in [4.78, 5) is 16.4. The highest BCUT2D eigenvalue weighted by Gasteiger charge is 2.04. The standard InChI is InChI=1S/C16H22N6O.HI/c1-3-17-16(18-11-14-9-10-20-22(14)2)19-12-15(23)21-13-7-5-4-6-8-13;/h4-10H,3,11-12H2,1-2H3,(H,21,23)(H2,17,18,19);1H. The highest BCUT2D eigenvalue weighted by Crippen LogP contribution is 2.04. The zero-order chi connectivity index (χ0) is 16.5. The van der Waals surface area contributed by atoms with Crippen LogP contribution in [0.5, 0.6) is 0 Å². The lowest BCUT2D eigenvalue weighted by atomic mass is 10.3. The summed E-state index contributed by atoms with van der Waals surface area (Å²) in [6.45, 7) is 3.33. The van der Waals surface area contributed by atoms with E-state index in [1.54, 1.807) is 10.9 Å². The molecule has 1 aromatic heterocycles. The third kappa shape index (κ3) is 6.57. The molecule has 0 saturated heterocycles. The lowest BCUT2D eigenvalue weighted by Crippen LogP contribution is -2.41. The summed E-state index contributed by atoms with van der Waals surface area (Å²) < 4.78 is 1.77. The largest absolute Gasteiger partial charge is 0.357 e. The zero-order valence-electron chi connectivity index (χ0n) is 13.8. The molecule has 0 saturated carbocycles. The molecule has 0 aliphatic rings. The van der Waals surface area contributed by atoms with Gasteiger partial charge in [-0.05, 0) is 25.1 Å². The zero-order valence-corrected chi connectivity index (χ0v) is 16.2. The van der Waals surface area contributed by atoms with E-state index in [2.05, 4.69) is 26.0 Å². The smallest absolute Gasteiger partial charge is 0.243 e. The maximum Gasteiger partial charge on any atom is 0.243 e. The highest BCUT2D eigenvalue weighted by atomic mass is 127. The Bertz CT molecular complexity index is 656.